The van der Waals surface area contributed by atoms with Crippen LogP contribution in [0.2, 0.25) is 0 Å². The van der Waals surface area contributed by atoms with Crippen molar-refractivity contribution in [2.24, 2.45) is 17.8 Å². The van der Waals surface area contributed by atoms with Crippen LogP contribution in [-0.2, 0) is 17.4 Å². The summed E-state index contributed by atoms with van der Waals surface area (Å²) in [5.74, 6) is 0.170. The monoisotopic (exact) mass is 312 g/mol. The fraction of sp³-hybridized carbons (Fsp3) is 0.375. The summed E-state index contributed by atoms with van der Waals surface area (Å²) in [6, 6.07) is 3.98. The minimum atomic E-state index is -0.717. The highest BCUT2D eigenvalue weighted by Gasteiger charge is 2.38. The van der Waals surface area contributed by atoms with Crippen LogP contribution in [0, 0.1) is 6.92 Å². The topological polar surface area (TPSA) is 89.4 Å². The molecule has 23 heavy (non-hydrogen) atoms. The lowest BCUT2D eigenvalue weighted by Gasteiger charge is -2.33. The first kappa shape index (κ1) is 15.2. The number of amides is 1. The molecular weight excluding hydrogens is 292 g/mol. The van der Waals surface area contributed by atoms with E-state index < -0.39 is 5.54 Å². The van der Waals surface area contributed by atoms with Crippen molar-refractivity contribution in [2.75, 3.05) is 7.05 Å². The van der Waals surface area contributed by atoms with Crippen LogP contribution in [0.25, 0.3) is 11.3 Å². The number of carbonyl (C=O) groups is 1. The Morgan fingerprint density at radius 1 is 1.26 bits per heavy atom. The van der Waals surface area contributed by atoms with E-state index in [9.17, 15) is 4.79 Å². The predicted molar refractivity (Wildman–Crippen MR) is 87.5 cm³/mol. The second kappa shape index (κ2) is 5.19. The molecule has 120 valence electrons. The molecule has 2 aromatic rings. The minimum Gasteiger partial charge on any atom is -0.369 e. The lowest BCUT2D eigenvalue weighted by molar-refractivity contribution is -0.128. The molecule has 0 saturated carbocycles. The maximum absolute atomic E-state index is 12.2. The van der Waals surface area contributed by atoms with Crippen molar-refractivity contribution in [3.63, 3.8) is 0 Å². The number of rotatable bonds is 2. The average Bonchev–Trinajstić information content (AvgIpc) is 2.88. The van der Waals surface area contributed by atoms with Crippen LogP contribution in [0.4, 0.5) is 0 Å². The number of pyridine rings is 1. The Labute approximate surface area is 134 Å². The molecule has 0 saturated heterocycles. The molecule has 0 radical (unpaired) electrons. The van der Waals surface area contributed by atoms with Gasteiger partial charge in [-0.15, -0.1) is 0 Å². The van der Waals surface area contributed by atoms with Gasteiger partial charge in [0.15, 0.2) is 5.96 Å². The van der Waals surface area contributed by atoms with Crippen LogP contribution < -0.4 is 5.73 Å². The highest BCUT2D eigenvalue weighted by Crippen LogP contribution is 2.34. The molecule has 3 rings (SSSR count). The Bertz CT molecular complexity index is 809. The van der Waals surface area contributed by atoms with Gasteiger partial charge in [0, 0.05) is 32.1 Å². The molecule has 1 aliphatic heterocycles. The van der Waals surface area contributed by atoms with Gasteiger partial charge in [0.05, 0.1) is 17.8 Å². The van der Waals surface area contributed by atoms with Crippen LogP contribution in [0.5, 0.6) is 0 Å². The number of guanidine groups is 1. The largest absolute Gasteiger partial charge is 0.369 e. The second-order valence-corrected chi connectivity index (χ2v) is 6.16. The zero-order valence-electron chi connectivity index (χ0n) is 13.7. The molecule has 0 fully saturated rings. The predicted octanol–water partition coefficient (Wildman–Crippen LogP) is 1.18. The molecular formula is C16H20N6O. The third-order valence-corrected chi connectivity index (χ3v) is 4.18. The summed E-state index contributed by atoms with van der Waals surface area (Å²) in [6.07, 6.45) is 3.84. The molecule has 0 spiro atoms. The fourth-order valence-electron chi connectivity index (χ4n) is 2.86. The van der Waals surface area contributed by atoms with Crippen molar-refractivity contribution in [1.82, 2.24) is 19.7 Å². The number of hydrogen-bond acceptors (Lipinski definition) is 5. The van der Waals surface area contributed by atoms with Crippen molar-refractivity contribution in [2.45, 2.75) is 25.8 Å². The van der Waals surface area contributed by atoms with Gasteiger partial charge in [-0.05, 0) is 31.5 Å². The first-order valence-electron chi connectivity index (χ1n) is 7.38. The molecule has 2 aromatic heterocycles. The smallest absolute Gasteiger partial charge is 0.231 e. The van der Waals surface area contributed by atoms with Crippen LogP contribution >= 0.6 is 0 Å². The third kappa shape index (κ3) is 2.58. The van der Waals surface area contributed by atoms with E-state index in [4.69, 9.17) is 5.73 Å². The van der Waals surface area contributed by atoms with Crippen LogP contribution in [-0.4, -0.2) is 38.6 Å². The number of aliphatic imine (C=N–C) groups is 1. The normalized spacial score (nSPS) is 21.5. The van der Waals surface area contributed by atoms with Crippen molar-refractivity contribution < 1.29 is 4.79 Å². The molecule has 0 unspecified atom stereocenters. The average molecular weight is 312 g/mol. The molecule has 1 aliphatic rings. The molecule has 1 atom stereocenters. The van der Waals surface area contributed by atoms with Gasteiger partial charge < -0.3 is 5.73 Å². The van der Waals surface area contributed by atoms with E-state index in [1.165, 1.54) is 4.90 Å². The molecule has 7 nitrogen and oxygen atoms in total. The summed E-state index contributed by atoms with van der Waals surface area (Å²) < 4.78 is 1.76. The van der Waals surface area contributed by atoms with E-state index in [1.54, 1.807) is 24.1 Å². The summed E-state index contributed by atoms with van der Waals surface area (Å²) in [5.41, 5.74) is 8.82. The summed E-state index contributed by atoms with van der Waals surface area (Å²) in [7, 11) is 3.48. The van der Waals surface area contributed by atoms with Crippen molar-refractivity contribution in [1.29, 1.82) is 0 Å². The van der Waals surface area contributed by atoms with E-state index in [0.29, 0.717) is 0 Å². The van der Waals surface area contributed by atoms with Gasteiger partial charge in [0.25, 0.3) is 0 Å². The SMILES string of the molecule is Cc1cncc(-c2cc([C@]3(C)CC(=O)N(C)C(N)=N3)n(C)n2)c1. The fourth-order valence-corrected chi connectivity index (χ4v) is 2.86. The molecule has 0 bridgehead atoms. The van der Waals surface area contributed by atoms with Crippen molar-refractivity contribution in [3.05, 3.63) is 35.8 Å². The van der Waals surface area contributed by atoms with Gasteiger partial charge >= 0.3 is 0 Å². The highest BCUT2D eigenvalue weighted by atomic mass is 16.2. The summed E-state index contributed by atoms with van der Waals surface area (Å²) in [5, 5.41) is 4.55. The zero-order valence-corrected chi connectivity index (χ0v) is 13.7. The first-order valence-corrected chi connectivity index (χ1v) is 7.38. The Morgan fingerprint density at radius 3 is 2.65 bits per heavy atom. The third-order valence-electron chi connectivity index (χ3n) is 4.18. The van der Waals surface area contributed by atoms with Crippen molar-refractivity contribution in [3.8, 4) is 11.3 Å². The number of aryl methyl sites for hydroxylation is 2. The zero-order chi connectivity index (χ0) is 16.8. The van der Waals surface area contributed by atoms with Gasteiger partial charge in [0.2, 0.25) is 5.91 Å². The Morgan fingerprint density at radius 2 is 2.00 bits per heavy atom. The number of carbonyl (C=O) groups excluding carboxylic acids is 1. The number of hydrogen-bond donors (Lipinski definition) is 1. The lowest BCUT2D eigenvalue weighted by Crippen LogP contribution is -2.48. The molecule has 3 heterocycles. The van der Waals surface area contributed by atoms with E-state index >= 15 is 0 Å². The van der Waals surface area contributed by atoms with Gasteiger partial charge in [0.1, 0.15) is 5.54 Å². The Hall–Kier alpha value is -2.70. The minimum absolute atomic E-state index is 0.0556. The van der Waals surface area contributed by atoms with Crippen LogP contribution in [0.15, 0.2) is 29.5 Å². The van der Waals surface area contributed by atoms with Crippen LogP contribution in [0.1, 0.15) is 24.6 Å². The van der Waals surface area contributed by atoms with E-state index in [1.807, 2.05) is 33.0 Å². The number of nitrogens with zero attached hydrogens (tertiary/aromatic N) is 5. The quantitative estimate of drug-likeness (QED) is 0.902. The number of aromatic nitrogens is 3. The summed E-state index contributed by atoms with van der Waals surface area (Å²) in [6.45, 7) is 3.89. The van der Waals surface area contributed by atoms with E-state index in [0.717, 1.165) is 22.5 Å². The Kier molecular flexibility index (Phi) is 3.43. The van der Waals surface area contributed by atoms with E-state index in [2.05, 4.69) is 15.1 Å². The molecule has 1 amide bonds. The van der Waals surface area contributed by atoms with E-state index in [-0.39, 0.29) is 18.3 Å². The summed E-state index contributed by atoms with van der Waals surface area (Å²) in [4.78, 5) is 22.3. The van der Waals surface area contributed by atoms with Gasteiger partial charge in [-0.3, -0.25) is 19.4 Å². The van der Waals surface area contributed by atoms with Gasteiger partial charge in [-0.2, -0.15) is 5.10 Å². The van der Waals surface area contributed by atoms with Gasteiger partial charge in [-0.1, -0.05) is 0 Å². The van der Waals surface area contributed by atoms with Crippen LogP contribution in [0.3, 0.4) is 0 Å². The number of nitrogens with two attached hydrogens (primary N) is 1. The van der Waals surface area contributed by atoms with Crippen molar-refractivity contribution >= 4 is 11.9 Å². The highest BCUT2D eigenvalue weighted by molar-refractivity contribution is 5.98. The maximum Gasteiger partial charge on any atom is 0.231 e. The molecule has 7 heteroatoms. The second-order valence-electron chi connectivity index (χ2n) is 6.16. The molecule has 2 N–H and O–H groups in total. The molecule has 0 aromatic carbocycles. The summed E-state index contributed by atoms with van der Waals surface area (Å²) >= 11 is 0. The first-order chi connectivity index (χ1) is 10.8. The maximum atomic E-state index is 12.2. The standard InChI is InChI=1S/C16H20N6O/c1-10-5-11(9-18-8-10)12-6-13(22(4)20-12)16(2)7-14(23)21(3)15(17)19-16/h5-6,8-9H,7H2,1-4H3,(H2,17,19)/t16-/m0/s1. The van der Waals surface area contributed by atoms with Gasteiger partial charge in [-0.25, -0.2) is 4.99 Å². The lowest BCUT2D eigenvalue weighted by atomic mass is 9.91. The molecule has 0 aliphatic carbocycles. The Balaban J connectivity index is 2.06.